The molecule has 0 atom stereocenters. The van der Waals surface area contributed by atoms with Gasteiger partial charge in [0.15, 0.2) is 11.6 Å². The molecular weight excluding hydrogens is 245 g/mol. The summed E-state index contributed by atoms with van der Waals surface area (Å²) in [5.74, 6) is 0.0115. The molecular formula is C13H18FN5. The number of nitriles is 1. The van der Waals surface area contributed by atoms with E-state index in [2.05, 4.69) is 20.9 Å². The maximum atomic E-state index is 14.0. The summed E-state index contributed by atoms with van der Waals surface area (Å²) in [6, 6.07) is 2.29. The van der Waals surface area contributed by atoms with Crippen molar-refractivity contribution in [3.63, 3.8) is 0 Å². The van der Waals surface area contributed by atoms with Crippen LogP contribution >= 0.6 is 0 Å². The molecule has 102 valence electrons. The van der Waals surface area contributed by atoms with Crippen molar-refractivity contribution in [3.05, 3.63) is 17.8 Å². The lowest BCUT2D eigenvalue weighted by Crippen LogP contribution is -2.54. The van der Waals surface area contributed by atoms with Gasteiger partial charge >= 0.3 is 0 Å². The summed E-state index contributed by atoms with van der Waals surface area (Å²) in [5, 5.41) is 9.12. The normalized spacial score (nSPS) is 17.3. The van der Waals surface area contributed by atoms with Gasteiger partial charge in [-0.25, -0.2) is 14.4 Å². The van der Waals surface area contributed by atoms with Crippen molar-refractivity contribution in [3.8, 4) is 6.07 Å². The van der Waals surface area contributed by atoms with Gasteiger partial charge in [0.1, 0.15) is 11.9 Å². The van der Waals surface area contributed by atoms with Crippen molar-refractivity contribution in [2.24, 2.45) is 0 Å². The Morgan fingerprint density at radius 2 is 1.89 bits per heavy atom. The highest BCUT2D eigenvalue weighted by molar-refractivity contribution is 5.41. The molecule has 2 heterocycles. The first-order valence-electron chi connectivity index (χ1n) is 6.34. The fraction of sp³-hybridized carbons (Fsp3) is 0.615. The van der Waals surface area contributed by atoms with Crippen LogP contribution in [0, 0.1) is 24.1 Å². The average molecular weight is 263 g/mol. The first-order valence-corrected chi connectivity index (χ1v) is 6.34. The van der Waals surface area contributed by atoms with Gasteiger partial charge in [-0.1, -0.05) is 0 Å². The summed E-state index contributed by atoms with van der Waals surface area (Å²) < 4.78 is 14.0. The van der Waals surface area contributed by atoms with E-state index in [-0.39, 0.29) is 5.82 Å². The van der Waals surface area contributed by atoms with Gasteiger partial charge in [0, 0.05) is 26.2 Å². The Kier molecular flexibility index (Phi) is 3.67. The van der Waals surface area contributed by atoms with Crippen molar-refractivity contribution >= 4 is 5.82 Å². The molecule has 2 rings (SSSR count). The second kappa shape index (κ2) is 5.10. The van der Waals surface area contributed by atoms with Crippen molar-refractivity contribution in [2.45, 2.75) is 26.3 Å². The highest BCUT2D eigenvalue weighted by atomic mass is 19.1. The third kappa shape index (κ3) is 2.66. The Labute approximate surface area is 112 Å². The maximum Gasteiger partial charge on any atom is 0.186 e. The molecule has 0 saturated carbocycles. The van der Waals surface area contributed by atoms with Crippen LogP contribution in [0.4, 0.5) is 10.2 Å². The predicted octanol–water partition coefficient (Wildman–Crippen LogP) is 1.35. The fourth-order valence-electron chi connectivity index (χ4n) is 2.21. The maximum absolute atomic E-state index is 14.0. The van der Waals surface area contributed by atoms with Crippen LogP contribution in [0.2, 0.25) is 0 Å². The van der Waals surface area contributed by atoms with Crippen LogP contribution in [0.3, 0.4) is 0 Å². The topological polar surface area (TPSA) is 56.1 Å². The van der Waals surface area contributed by atoms with Gasteiger partial charge in [-0.3, -0.25) is 4.90 Å². The molecule has 1 fully saturated rings. The molecule has 1 aliphatic heterocycles. The fourth-order valence-corrected chi connectivity index (χ4v) is 2.21. The van der Waals surface area contributed by atoms with Crippen LogP contribution < -0.4 is 4.90 Å². The van der Waals surface area contributed by atoms with Gasteiger partial charge in [0.2, 0.25) is 0 Å². The molecule has 0 aliphatic carbocycles. The number of rotatable bonds is 2. The van der Waals surface area contributed by atoms with Gasteiger partial charge in [-0.2, -0.15) is 5.26 Å². The van der Waals surface area contributed by atoms with Crippen LogP contribution in [-0.2, 0) is 0 Å². The summed E-state index contributed by atoms with van der Waals surface area (Å²) in [5.41, 5.74) is -0.114. The first-order chi connectivity index (χ1) is 8.95. The Morgan fingerprint density at radius 3 is 2.47 bits per heavy atom. The zero-order valence-electron chi connectivity index (χ0n) is 11.5. The molecule has 0 spiro atoms. The zero-order chi connectivity index (χ0) is 14.0. The lowest BCUT2D eigenvalue weighted by molar-refractivity contribution is 0.157. The summed E-state index contributed by atoms with van der Waals surface area (Å²) in [4.78, 5) is 11.9. The van der Waals surface area contributed by atoms with E-state index in [9.17, 15) is 4.39 Å². The minimum atomic E-state index is -0.480. The van der Waals surface area contributed by atoms with Gasteiger partial charge in [0.25, 0.3) is 0 Å². The number of nitrogens with zero attached hydrogens (tertiary/aromatic N) is 5. The van der Waals surface area contributed by atoms with E-state index >= 15 is 0 Å². The van der Waals surface area contributed by atoms with E-state index in [1.165, 1.54) is 6.33 Å². The Bertz CT molecular complexity index is 500. The smallest absolute Gasteiger partial charge is 0.186 e. The first kappa shape index (κ1) is 13.7. The van der Waals surface area contributed by atoms with Crippen LogP contribution in [0.15, 0.2) is 6.33 Å². The van der Waals surface area contributed by atoms with E-state index in [1.807, 2.05) is 18.7 Å². The van der Waals surface area contributed by atoms with E-state index in [0.29, 0.717) is 24.6 Å². The molecule has 0 radical (unpaired) electrons. The number of aryl methyl sites for hydroxylation is 1. The number of hydrogen-bond donors (Lipinski definition) is 0. The standard InChI is InChI=1S/C13H18FN5/c1-10-11(14)12(17-9-16-10)18-4-6-19(7-5-18)13(2,3)8-15/h9H,4-7H2,1-3H3. The molecule has 0 aromatic carbocycles. The number of aromatic nitrogens is 2. The van der Waals surface area contributed by atoms with Crippen LogP contribution in [0.1, 0.15) is 19.5 Å². The van der Waals surface area contributed by atoms with E-state index in [4.69, 9.17) is 5.26 Å². The molecule has 1 aromatic heterocycles. The Balaban J connectivity index is 2.09. The lowest BCUT2D eigenvalue weighted by Gasteiger charge is -2.40. The molecule has 5 nitrogen and oxygen atoms in total. The molecule has 1 saturated heterocycles. The quantitative estimate of drug-likeness (QED) is 0.806. The van der Waals surface area contributed by atoms with Gasteiger partial charge in [-0.15, -0.1) is 0 Å². The van der Waals surface area contributed by atoms with E-state index in [1.54, 1.807) is 6.92 Å². The SMILES string of the molecule is Cc1ncnc(N2CCN(C(C)(C)C#N)CC2)c1F. The second-order valence-corrected chi connectivity index (χ2v) is 5.24. The van der Waals surface area contributed by atoms with Crippen molar-refractivity contribution in [2.75, 3.05) is 31.1 Å². The van der Waals surface area contributed by atoms with Crippen molar-refractivity contribution < 1.29 is 4.39 Å². The third-order valence-corrected chi connectivity index (χ3v) is 3.59. The largest absolute Gasteiger partial charge is 0.352 e. The highest BCUT2D eigenvalue weighted by Gasteiger charge is 2.30. The minimum absolute atomic E-state index is 0.351. The molecule has 1 aromatic rings. The minimum Gasteiger partial charge on any atom is -0.352 e. The molecule has 0 bridgehead atoms. The lowest BCUT2D eigenvalue weighted by atomic mass is 10.0. The summed E-state index contributed by atoms with van der Waals surface area (Å²) >= 11 is 0. The number of hydrogen-bond acceptors (Lipinski definition) is 5. The molecule has 1 aliphatic rings. The number of piperazine rings is 1. The molecule has 6 heteroatoms. The molecule has 0 amide bonds. The monoisotopic (exact) mass is 263 g/mol. The van der Waals surface area contributed by atoms with Gasteiger partial charge < -0.3 is 4.90 Å². The second-order valence-electron chi connectivity index (χ2n) is 5.24. The molecule has 0 N–H and O–H groups in total. The Hall–Kier alpha value is -1.74. The highest BCUT2D eigenvalue weighted by Crippen LogP contribution is 2.21. The zero-order valence-corrected chi connectivity index (χ0v) is 11.5. The van der Waals surface area contributed by atoms with Crippen molar-refractivity contribution in [1.82, 2.24) is 14.9 Å². The van der Waals surface area contributed by atoms with Gasteiger partial charge in [0.05, 0.1) is 11.8 Å². The molecule has 0 unspecified atom stereocenters. The number of halogens is 1. The average Bonchev–Trinajstić information content (AvgIpc) is 2.42. The summed E-state index contributed by atoms with van der Waals surface area (Å²) in [7, 11) is 0. The number of anilines is 1. The van der Waals surface area contributed by atoms with Crippen LogP contribution in [0.25, 0.3) is 0 Å². The van der Waals surface area contributed by atoms with Crippen LogP contribution in [0.5, 0.6) is 0 Å². The van der Waals surface area contributed by atoms with Crippen molar-refractivity contribution in [1.29, 1.82) is 5.26 Å². The predicted molar refractivity (Wildman–Crippen MR) is 70.2 cm³/mol. The van der Waals surface area contributed by atoms with Crippen LogP contribution in [-0.4, -0.2) is 46.6 Å². The summed E-state index contributed by atoms with van der Waals surface area (Å²) in [6.07, 6.45) is 1.39. The van der Waals surface area contributed by atoms with E-state index in [0.717, 1.165) is 13.1 Å². The van der Waals surface area contributed by atoms with Gasteiger partial charge in [-0.05, 0) is 20.8 Å². The van der Waals surface area contributed by atoms with E-state index < -0.39 is 5.54 Å². The third-order valence-electron chi connectivity index (χ3n) is 3.59. The summed E-state index contributed by atoms with van der Waals surface area (Å²) in [6.45, 7) is 8.22. The molecule has 19 heavy (non-hydrogen) atoms. The Morgan fingerprint density at radius 1 is 1.26 bits per heavy atom.